The second-order valence-corrected chi connectivity index (χ2v) is 3.91. The van der Waals surface area contributed by atoms with Gasteiger partial charge >= 0.3 is 0 Å². The Balaban J connectivity index is 2.26. The number of imidazole rings is 1. The lowest BCUT2D eigenvalue weighted by atomic mass is 10.2. The first-order valence-corrected chi connectivity index (χ1v) is 5.25. The van der Waals surface area contributed by atoms with Crippen molar-refractivity contribution in [2.24, 2.45) is 5.10 Å². The zero-order valence-electron chi connectivity index (χ0n) is 9.06. The van der Waals surface area contributed by atoms with Crippen molar-refractivity contribution in [1.29, 1.82) is 0 Å². The molecule has 2 rings (SSSR count). The summed E-state index contributed by atoms with van der Waals surface area (Å²) in [6.45, 7) is 1.81. The van der Waals surface area contributed by atoms with Crippen molar-refractivity contribution in [2.45, 2.75) is 6.92 Å². The minimum Gasteiger partial charge on any atom is -0.368 e. The van der Waals surface area contributed by atoms with Crippen LogP contribution in [0.15, 0.2) is 29.5 Å². The van der Waals surface area contributed by atoms with E-state index in [4.69, 9.17) is 17.3 Å². The van der Waals surface area contributed by atoms with Gasteiger partial charge in [-0.05, 0) is 24.6 Å². The molecule has 0 aliphatic heterocycles. The van der Waals surface area contributed by atoms with E-state index in [2.05, 4.69) is 10.1 Å². The van der Waals surface area contributed by atoms with E-state index in [1.807, 2.05) is 6.92 Å². The highest BCUT2D eigenvalue weighted by atomic mass is 35.5. The summed E-state index contributed by atoms with van der Waals surface area (Å²) >= 11 is 5.57. The largest absolute Gasteiger partial charge is 0.368 e. The van der Waals surface area contributed by atoms with E-state index in [-0.39, 0.29) is 11.0 Å². The fraction of sp³-hybridized carbons (Fsp3) is 0.0909. The van der Waals surface area contributed by atoms with Crippen molar-refractivity contribution in [3.63, 3.8) is 0 Å². The van der Waals surface area contributed by atoms with Crippen LogP contribution in [0.3, 0.4) is 0 Å². The standard InChI is InChI=1S/C11H10ClFN4/c1-7-6-17(11(14)16-7)15-5-8-2-3-9(12)10(13)4-8/h2-6H,1H3,(H2,14,16). The molecule has 0 aliphatic carbocycles. The third kappa shape index (κ3) is 2.62. The molecule has 1 heterocycles. The second-order valence-electron chi connectivity index (χ2n) is 3.50. The number of halogens is 2. The number of anilines is 1. The molecular formula is C11H10ClFN4. The highest BCUT2D eigenvalue weighted by Crippen LogP contribution is 2.14. The van der Waals surface area contributed by atoms with E-state index in [1.54, 1.807) is 12.3 Å². The van der Waals surface area contributed by atoms with Gasteiger partial charge in [0, 0.05) is 0 Å². The average Bonchev–Trinajstić information content (AvgIpc) is 2.59. The van der Waals surface area contributed by atoms with E-state index in [0.29, 0.717) is 5.56 Å². The van der Waals surface area contributed by atoms with Gasteiger partial charge in [-0.2, -0.15) is 5.10 Å². The van der Waals surface area contributed by atoms with Crippen LogP contribution in [0.1, 0.15) is 11.3 Å². The van der Waals surface area contributed by atoms with Crippen molar-refractivity contribution in [3.05, 3.63) is 46.5 Å². The normalized spacial score (nSPS) is 11.2. The topological polar surface area (TPSA) is 56.2 Å². The van der Waals surface area contributed by atoms with Gasteiger partial charge in [-0.3, -0.25) is 0 Å². The molecule has 17 heavy (non-hydrogen) atoms. The lowest BCUT2D eigenvalue weighted by Gasteiger charge is -1.97. The molecule has 0 radical (unpaired) electrons. The molecule has 0 aliphatic rings. The number of hydrogen-bond donors (Lipinski definition) is 1. The van der Waals surface area contributed by atoms with Crippen molar-refractivity contribution in [1.82, 2.24) is 9.66 Å². The summed E-state index contributed by atoms with van der Waals surface area (Å²) < 4.78 is 14.6. The number of nitrogens with two attached hydrogens (primary N) is 1. The zero-order chi connectivity index (χ0) is 12.4. The molecule has 0 fully saturated rings. The first kappa shape index (κ1) is 11.6. The number of benzene rings is 1. The number of hydrogen-bond acceptors (Lipinski definition) is 3. The van der Waals surface area contributed by atoms with Gasteiger partial charge < -0.3 is 5.73 Å². The summed E-state index contributed by atoms with van der Waals surface area (Å²) in [5.74, 6) is -0.196. The van der Waals surface area contributed by atoms with Gasteiger partial charge in [0.25, 0.3) is 0 Å². The number of rotatable bonds is 2. The van der Waals surface area contributed by atoms with Gasteiger partial charge in [-0.1, -0.05) is 17.7 Å². The summed E-state index contributed by atoms with van der Waals surface area (Å²) in [7, 11) is 0. The van der Waals surface area contributed by atoms with Gasteiger partial charge in [0.05, 0.1) is 23.1 Å². The molecule has 0 atom stereocenters. The van der Waals surface area contributed by atoms with Crippen LogP contribution in [0.25, 0.3) is 0 Å². The monoisotopic (exact) mass is 252 g/mol. The molecule has 0 unspecified atom stereocenters. The van der Waals surface area contributed by atoms with Crippen LogP contribution in [0.5, 0.6) is 0 Å². The van der Waals surface area contributed by atoms with Crippen molar-refractivity contribution in [2.75, 3.05) is 5.73 Å². The lowest BCUT2D eigenvalue weighted by molar-refractivity contribution is 0.628. The number of nitrogen functional groups attached to an aromatic ring is 1. The maximum Gasteiger partial charge on any atom is 0.221 e. The van der Waals surface area contributed by atoms with Crippen LogP contribution in [0, 0.1) is 12.7 Å². The summed E-state index contributed by atoms with van der Waals surface area (Å²) in [5.41, 5.74) is 6.96. The molecule has 2 aromatic rings. The van der Waals surface area contributed by atoms with Crippen LogP contribution in [-0.2, 0) is 0 Å². The Labute approximate surface area is 103 Å². The minimum atomic E-state index is -0.481. The highest BCUT2D eigenvalue weighted by molar-refractivity contribution is 6.30. The maximum absolute atomic E-state index is 13.2. The first-order valence-electron chi connectivity index (χ1n) is 4.87. The molecule has 2 N–H and O–H groups in total. The lowest BCUT2D eigenvalue weighted by Crippen LogP contribution is -1.97. The van der Waals surface area contributed by atoms with Crippen molar-refractivity contribution in [3.8, 4) is 0 Å². The van der Waals surface area contributed by atoms with Crippen molar-refractivity contribution >= 4 is 23.8 Å². The Morgan fingerprint density at radius 3 is 2.88 bits per heavy atom. The molecular weight excluding hydrogens is 243 g/mol. The number of aromatic nitrogens is 2. The third-order valence-electron chi connectivity index (χ3n) is 2.11. The van der Waals surface area contributed by atoms with E-state index < -0.39 is 5.82 Å². The zero-order valence-corrected chi connectivity index (χ0v) is 9.82. The third-order valence-corrected chi connectivity index (χ3v) is 2.42. The van der Waals surface area contributed by atoms with Crippen LogP contribution < -0.4 is 5.73 Å². The molecule has 1 aromatic carbocycles. The summed E-state index contributed by atoms with van der Waals surface area (Å²) in [4.78, 5) is 3.99. The molecule has 0 bridgehead atoms. The maximum atomic E-state index is 13.2. The summed E-state index contributed by atoms with van der Waals surface area (Å²) in [5, 5.41) is 4.15. The average molecular weight is 253 g/mol. The Hall–Kier alpha value is -1.88. The fourth-order valence-corrected chi connectivity index (χ4v) is 1.44. The Morgan fingerprint density at radius 1 is 1.53 bits per heavy atom. The molecule has 1 aromatic heterocycles. The van der Waals surface area contributed by atoms with Crippen molar-refractivity contribution < 1.29 is 4.39 Å². The second kappa shape index (κ2) is 4.55. The van der Waals surface area contributed by atoms with Crippen LogP contribution >= 0.6 is 11.6 Å². The number of aryl methyl sites for hydroxylation is 1. The summed E-state index contributed by atoms with van der Waals surface area (Å²) in [6, 6.07) is 4.43. The molecule has 0 spiro atoms. The predicted molar refractivity (Wildman–Crippen MR) is 65.8 cm³/mol. The molecule has 0 amide bonds. The first-order chi connectivity index (χ1) is 8.06. The minimum absolute atomic E-state index is 0.0835. The predicted octanol–water partition coefficient (Wildman–Crippen LogP) is 2.45. The smallest absolute Gasteiger partial charge is 0.221 e. The number of nitrogens with zero attached hydrogens (tertiary/aromatic N) is 3. The molecule has 0 saturated carbocycles. The van der Waals surface area contributed by atoms with Crippen LogP contribution in [-0.4, -0.2) is 15.9 Å². The van der Waals surface area contributed by atoms with E-state index in [1.165, 1.54) is 23.0 Å². The van der Waals surface area contributed by atoms with Gasteiger partial charge in [0.1, 0.15) is 5.82 Å². The Morgan fingerprint density at radius 2 is 2.29 bits per heavy atom. The molecule has 0 saturated heterocycles. The van der Waals surface area contributed by atoms with Gasteiger partial charge in [0.15, 0.2) is 0 Å². The Kier molecular flexibility index (Phi) is 3.10. The molecule has 4 nitrogen and oxygen atoms in total. The fourth-order valence-electron chi connectivity index (χ4n) is 1.32. The Bertz CT molecular complexity index is 577. The van der Waals surface area contributed by atoms with Gasteiger partial charge in [-0.25, -0.2) is 14.1 Å². The van der Waals surface area contributed by atoms with Crippen LogP contribution in [0.2, 0.25) is 5.02 Å². The highest BCUT2D eigenvalue weighted by Gasteiger charge is 2.00. The van der Waals surface area contributed by atoms with Crippen LogP contribution in [0.4, 0.5) is 10.3 Å². The van der Waals surface area contributed by atoms with Gasteiger partial charge in [0.2, 0.25) is 5.95 Å². The quantitative estimate of drug-likeness (QED) is 0.835. The molecule has 6 heteroatoms. The molecule has 88 valence electrons. The van der Waals surface area contributed by atoms with E-state index in [9.17, 15) is 4.39 Å². The summed E-state index contributed by atoms with van der Waals surface area (Å²) in [6.07, 6.45) is 3.16. The van der Waals surface area contributed by atoms with E-state index >= 15 is 0 Å². The van der Waals surface area contributed by atoms with E-state index in [0.717, 1.165) is 5.69 Å². The SMILES string of the molecule is Cc1cn(N=Cc2ccc(Cl)c(F)c2)c(N)n1. The van der Waals surface area contributed by atoms with Gasteiger partial charge in [-0.15, -0.1) is 0 Å².